The van der Waals surface area contributed by atoms with Crippen molar-refractivity contribution < 1.29 is 9.90 Å². The first-order chi connectivity index (χ1) is 18.7. The van der Waals surface area contributed by atoms with Crippen LogP contribution in [0.1, 0.15) is 21.5 Å². The summed E-state index contributed by atoms with van der Waals surface area (Å²) in [4.78, 5) is 17.7. The Kier molecular flexibility index (Phi) is 4.64. The van der Waals surface area contributed by atoms with E-state index in [0.29, 0.717) is 19.6 Å². The molecule has 3 aliphatic heterocycles. The smallest absolute Gasteiger partial charge is 0.252 e. The molecule has 1 amide bonds. The van der Waals surface area contributed by atoms with Crippen LogP contribution in [0.5, 0.6) is 0 Å². The molecule has 2 aromatic heterocycles. The number of aliphatic hydroxyl groups excluding tert-OH is 1. The van der Waals surface area contributed by atoms with Crippen LogP contribution in [0.25, 0.3) is 49.7 Å². The number of hydrogen-bond donors (Lipinski definition) is 4. The van der Waals surface area contributed by atoms with Gasteiger partial charge >= 0.3 is 0 Å². The fourth-order valence-corrected chi connectivity index (χ4v) is 6.73. The lowest BCUT2D eigenvalue weighted by molar-refractivity contribution is 0.0967. The summed E-state index contributed by atoms with van der Waals surface area (Å²) in [7, 11) is 0. The van der Waals surface area contributed by atoms with Gasteiger partial charge in [-0.1, -0.05) is 36.4 Å². The van der Waals surface area contributed by atoms with Gasteiger partial charge in [-0.25, -0.2) is 0 Å². The second-order valence-electron chi connectivity index (χ2n) is 10.5. The molecule has 8 heteroatoms. The number of nitrogens with one attached hydrogen (secondary N) is 3. The van der Waals surface area contributed by atoms with Gasteiger partial charge in [0.25, 0.3) is 5.91 Å². The molecule has 0 spiro atoms. The van der Waals surface area contributed by atoms with E-state index in [4.69, 9.17) is 0 Å². The van der Waals surface area contributed by atoms with Crippen molar-refractivity contribution in [1.82, 2.24) is 25.1 Å². The number of carbonyl (C=O) groups is 1. The van der Waals surface area contributed by atoms with Gasteiger partial charge in [0.1, 0.15) is 0 Å². The molecule has 0 saturated carbocycles. The first-order valence-corrected chi connectivity index (χ1v) is 13.3. The van der Waals surface area contributed by atoms with Crippen LogP contribution in [0.15, 0.2) is 53.5 Å². The molecule has 3 aromatic carbocycles. The quantitative estimate of drug-likeness (QED) is 0.302. The van der Waals surface area contributed by atoms with E-state index in [9.17, 15) is 9.90 Å². The van der Waals surface area contributed by atoms with E-state index in [0.717, 1.165) is 69.6 Å². The highest BCUT2D eigenvalue weighted by Gasteiger charge is 2.34. The number of aliphatic hydroxyl groups is 1. The lowest BCUT2D eigenvalue weighted by atomic mass is 9.96. The van der Waals surface area contributed by atoms with Crippen molar-refractivity contribution in [2.45, 2.75) is 19.6 Å². The Hall–Kier alpha value is -4.30. The standard InChI is InChI=1S/C30H28N6O2/c37-16-18-14-35-22-6-2-1-5-19(22)24-21-13-34-29(38)26(21)25-20-12-17(4-3-9-31-30-32-10-11-33-30)7-8-23(20)36(15-18)28(25)27(24)35/h1-8,12,18,37H,9-11,13-16H2,(H,34,38)(H2,31,32,33)/b4-3+. The SMILES string of the molecule is O=C1NCc2c1c1c3cc(/C=C/CNC4=NCCN4)ccc3n3c1c1c2c2ccccc2n1CC(CO)C3. The summed E-state index contributed by atoms with van der Waals surface area (Å²) in [6.45, 7) is 4.47. The molecule has 0 aliphatic carbocycles. The van der Waals surface area contributed by atoms with Crippen LogP contribution in [0.4, 0.5) is 0 Å². The molecule has 5 aromatic rings. The average molecular weight is 505 g/mol. The van der Waals surface area contributed by atoms with Crippen LogP contribution in [0.2, 0.25) is 0 Å². The third-order valence-corrected chi connectivity index (χ3v) is 8.30. The Morgan fingerprint density at radius 1 is 1.03 bits per heavy atom. The van der Waals surface area contributed by atoms with E-state index in [2.05, 4.69) is 84.7 Å². The molecular weight excluding hydrogens is 476 g/mol. The molecule has 5 heterocycles. The van der Waals surface area contributed by atoms with Gasteiger partial charge in [-0.2, -0.15) is 0 Å². The summed E-state index contributed by atoms with van der Waals surface area (Å²) >= 11 is 0. The molecule has 0 radical (unpaired) electrons. The maximum atomic E-state index is 13.4. The minimum absolute atomic E-state index is 0.00396. The van der Waals surface area contributed by atoms with Crippen LogP contribution in [0.3, 0.4) is 0 Å². The molecule has 3 aliphatic rings. The normalized spacial score (nSPS) is 18.6. The molecule has 1 unspecified atom stereocenters. The Balaban J connectivity index is 1.40. The lowest BCUT2D eigenvalue weighted by Crippen LogP contribution is -2.33. The third kappa shape index (κ3) is 2.95. The number of carbonyl (C=O) groups excluding carboxylic acids is 1. The molecule has 0 bridgehead atoms. The summed E-state index contributed by atoms with van der Waals surface area (Å²) in [5.74, 6) is 0.916. The molecule has 8 rings (SSSR count). The van der Waals surface area contributed by atoms with Gasteiger partial charge in [0.2, 0.25) is 0 Å². The van der Waals surface area contributed by atoms with Gasteiger partial charge in [0.05, 0.1) is 23.1 Å². The van der Waals surface area contributed by atoms with Gasteiger partial charge in [0, 0.05) is 77.8 Å². The van der Waals surface area contributed by atoms with Crippen molar-refractivity contribution >= 4 is 61.6 Å². The molecule has 8 nitrogen and oxygen atoms in total. The number of aromatic nitrogens is 2. The summed E-state index contributed by atoms with van der Waals surface area (Å²) in [6, 6.07) is 15.0. The summed E-state index contributed by atoms with van der Waals surface area (Å²) in [5, 5.41) is 24.4. The second kappa shape index (κ2) is 8.10. The van der Waals surface area contributed by atoms with Crippen LogP contribution in [0, 0.1) is 5.92 Å². The van der Waals surface area contributed by atoms with Crippen LogP contribution < -0.4 is 16.0 Å². The van der Waals surface area contributed by atoms with Crippen molar-refractivity contribution in [2.75, 3.05) is 26.2 Å². The Morgan fingerprint density at radius 2 is 1.84 bits per heavy atom. The molecule has 38 heavy (non-hydrogen) atoms. The van der Waals surface area contributed by atoms with Gasteiger partial charge < -0.3 is 30.2 Å². The van der Waals surface area contributed by atoms with Crippen LogP contribution in [-0.2, 0) is 19.6 Å². The van der Waals surface area contributed by atoms with E-state index in [-0.39, 0.29) is 18.4 Å². The first-order valence-electron chi connectivity index (χ1n) is 13.3. The van der Waals surface area contributed by atoms with Crippen molar-refractivity contribution in [3.8, 4) is 0 Å². The number of nitrogens with zero attached hydrogens (tertiary/aromatic N) is 3. The maximum absolute atomic E-state index is 13.4. The number of aliphatic imine (C=N–C) groups is 1. The summed E-state index contributed by atoms with van der Waals surface area (Å²) in [5.41, 5.74) is 7.51. The zero-order valence-electron chi connectivity index (χ0n) is 20.9. The Bertz CT molecular complexity index is 1870. The highest BCUT2D eigenvalue weighted by molar-refractivity contribution is 6.31. The number of guanidine groups is 1. The molecule has 0 saturated heterocycles. The molecular formula is C30H28N6O2. The largest absolute Gasteiger partial charge is 0.396 e. The van der Waals surface area contributed by atoms with Crippen molar-refractivity contribution in [1.29, 1.82) is 0 Å². The lowest BCUT2D eigenvalue weighted by Gasteiger charge is -2.15. The van der Waals surface area contributed by atoms with Gasteiger partial charge in [-0.3, -0.25) is 9.79 Å². The molecule has 1 atom stereocenters. The van der Waals surface area contributed by atoms with Crippen molar-refractivity contribution in [3.05, 3.63) is 65.2 Å². The van der Waals surface area contributed by atoms with Crippen molar-refractivity contribution in [2.24, 2.45) is 10.9 Å². The predicted octanol–water partition coefficient (Wildman–Crippen LogP) is 3.33. The van der Waals surface area contributed by atoms with E-state index >= 15 is 0 Å². The van der Waals surface area contributed by atoms with Crippen LogP contribution >= 0.6 is 0 Å². The summed E-state index contributed by atoms with van der Waals surface area (Å²) < 4.78 is 4.73. The van der Waals surface area contributed by atoms with E-state index in [1.807, 2.05) is 0 Å². The minimum atomic E-state index is -0.00396. The zero-order chi connectivity index (χ0) is 25.4. The maximum Gasteiger partial charge on any atom is 0.252 e. The fourth-order valence-electron chi connectivity index (χ4n) is 6.73. The van der Waals surface area contributed by atoms with E-state index < -0.39 is 0 Å². The Morgan fingerprint density at radius 3 is 2.66 bits per heavy atom. The topological polar surface area (TPSA) is 95.6 Å². The predicted molar refractivity (Wildman–Crippen MR) is 152 cm³/mol. The van der Waals surface area contributed by atoms with Gasteiger partial charge in [-0.05, 0) is 29.3 Å². The van der Waals surface area contributed by atoms with E-state index in [1.165, 1.54) is 16.3 Å². The second-order valence-corrected chi connectivity index (χ2v) is 10.5. The number of rotatable bonds is 4. The molecule has 4 N–H and O–H groups in total. The van der Waals surface area contributed by atoms with Gasteiger partial charge in [-0.15, -0.1) is 0 Å². The first kappa shape index (κ1) is 21.8. The van der Waals surface area contributed by atoms with Crippen LogP contribution in [-0.4, -0.2) is 52.3 Å². The number of benzene rings is 3. The number of hydrogen-bond acceptors (Lipinski definition) is 5. The van der Waals surface area contributed by atoms with Gasteiger partial charge in [0.15, 0.2) is 5.96 Å². The highest BCUT2D eigenvalue weighted by Crippen LogP contribution is 2.46. The minimum Gasteiger partial charge on any atom is -0.396 e. The van der Waals surface area contributed by atoms with E-state index in [1.54, 1.807) is 0 Å². The number of amides is 1. The molecule has 190 valence electrons. The fraction of sp³-hybridized carbons (Fsp3) is 0.267. The average Bonchev–Trinajstić information content (AvgIpc) is 3.70. The molecule has 0 fully saturated rings. The number of para-hydroxylation sites is 1. The Labute approximate surface area is 218 Å². The highest BCUT2D eigenvalue weighted by atomic mass is 16.3. The summed E-state index contributed by atoms with van der Waals surface area (Å²) in [6.07, 6.45) is 4.21. The number of fused-ring (bicyclic) bond motifs is 9. The third-order valence-electron chi connectivity index (χ3n) is 8.30. The van der Waals surface area contributed by atoms with Crippen molar-refractivity contribution in [3.63, 3.8) is 0 Å². The zero-order valence-corrected chi connectivity index (χ0v) is 20.9. The monoisotopic (exact) mass is 504 g/mol.